The van der Waals surface area contributed by atoms with E-state index in [0.717, 1.165) is 11.3 Å². The van der Waals surface area contributed by atoms with Gasteiger partial charge in [-0.25, -0.2) is 8.42 Å². The summed E-state index contributed by atoms with van der Waals surface area (Å²) in [4.78, 5) is 0. The summed E-state index contributed by atoms with van der Waals surface area (Å²) in [6.07, 6.45) is 0. The Morgan fingerprint density at radius 2 is 2.15 bits per heavy atom. The van der Waals surface area contributed by atoms with Gasteiger partial charge in [0.25, 0.3) is 0 Å². The second-order valence-electron chi connectivity index (χ2n) is 3.11. The predicted octanol–water partition coefficient (Wildman–Crippen LogP) is 0.548. The van der Waals surface area contributed by atoms with E-state index in [1.165, 1.54) is 4.31 Å². The Balaban J connectivity index is 2.63. The van der Waals surface area contributed by atoms with Crippen LogP contribution in [0, 0.1) is 0 Å². The molecule has 0 unspecified atom stereocenters. The molecule has 0 saturated carbocycles. The van der Waals surface area contributed by atoms with Gasteiger partial charge in [0.1, 0.15) is 0 Å². The van der Waals surface area contributed by atoms with E-state index in [1.807, 2.05) is 0 Å². The molecule has 0 atom stereocenters. The first-order chi connectivity index (χ1) is 6.00. The molecule has 0 bridgehead atoms. The fourth-order valence-electron chi connectivity index (χ4n) is 1.47. The molecule has 70 valence electrons. The van der Waals surface area contributed by atoms with Crippen LogP contribution < -0.4 is 10.0 Å². The SMILES string of the molecule is CN1c2ccc(N)cc2CS1(=O)=O. The largest absolute Gasteiger partial charge is 0.399 e. The van der Waals surface area contributed by atoms with E-state index in [2.05, 4.69) is 0 Å². The number of hydrogen-bond donors (Lipinski definition) is 1. The first kappa shape index (κ1) is 8.37. The van der Waals surface area contributed by atoms with E-state index in [1.54, 1.807) is 25.2 Å². The standard InChI is InChI=1S/C8H10N2O2S/c1-10-8-3-2-7(9)4-6(8)5-13(10,11)12/h2-4H,5,9H2,1H3. The molecular formula is C8H10N2O2S. The fourth-order valence-corrected chi connectivity index (χ4v) is 2.77. The highest BCUT2D eigenvalue weighted by Crippen LogP contribution is 2.32. The Kier molecular flexibility index (Phi) is 1.53. The maximum atomic E-state index is 11.4. The van der Waals surface area contributed by atoms with Crippen molar-refractivity contribution in [3.63, 3.8) is 0 Å². The summed E-state index contributed by atoms with van der Waals surface area (Å²) >= 11 is 0. The first-order valence-electron chi connectivity index (χ1n) is 3.86. The van der Waals surface area contributed by atoms with Crippen LogP contribution in [0.25, 0.3) is 0 Å². The van der Waals surface area contributed by atoms with Gasteiger partial charge < -0.3 is 5.73 Å². The van der Waals surface area contributed by atoms with E-state index in [4.69, 9.17) is 5.73 Å². The monoisotopic (exact) mass is 198 g/mol. The van der Waals surface area contributed by atoms with Gasteiger partial charge in [-0.2, -0.15) is 0 Å². The first-order valence-corrected chi connectivity index (χ1v) is 5.46. The number of nitrogens with two attached hydrogens (primary N) is 1. The lowest BCUT2D eigenvalue weighted by Crippen LogP contribution is -2.20. The predicted molar refractivity (Wildman–Crippen MR) is 51.9 cm³/mol. The van der Waals surface area contributed by atoms with Gasteiger partial charge in [-0.3, -0.25) is 4.31 Å². The number of nitrogens with zero attached hydrogens (tertiary/aromatic N) is 1. The van der Waals surface area contributed by atoms with E-state index >= 15 is 0 Å². The third kappa shape index (κ3) is 1.16. The zero-order valence-electron chi connectivity index (χ0n) is 7.19. The van der Waals surface area contributed by atoms with Crippen molar-refractivity contribution >= 4 is 21.4 Å². The topological polar surface area (TPSA) is 63.4 Å². The van der Waals surface area contributed by atoms with Crippen LogP contribution in [0.1, 0.15) is 5.56 Å². The van der Waals surface area contributed by atoms with Crippen molar-refractivity contribution in [1.29, 1.82) is 0 Å². The summed E-state index contributed by atoms with van der Waals surface area (Å²) in [5, 5.41) is 0. The molecule has 2 N–H and O–H groups in total. The Labute approximate surface area is 77.0 Å². The molecule has 0 amide bonds. The van der Waals surface area contributed by atoms with Crippen molar-refractivity contribution in [2.75, 3.05) is 17.1 Å². The molecule has 5 heteroatoms. The molecule has 0 aromatic heterocycles. The molecule has 4 nitrogen and oxygen atoms in total. The maximum absolute atomic E-state index is 11.4. The number of anilines is 2. The molecule has 13 heavy (non-hydrogen) atoms. The second-order valence-corrected chi connectivity index (χ2v) is 5.11. The molecule has 1 aliphatic heterocycles. The highest BCUT2D eigenvalue weighted by atomic mass is 32.2. The lowest BCUT2D eigenvalue weighted by molar-refractivity contribution is 0.596. The van der Waals surface area contributed by atoms with E-state index in [0.29, 0.717) is 5.69 Å². The van der Waals surface area contributed by atoms with Crippen molar-refractivity contribution in [2.45, 2.75) is 5.75 Å². The quantitative estimate of drug-likeness (QED) is 0.619. The summed E-state index contributed by atoms with van der Waals surface area (Å²) in [6, 6.07) is 5.14. The van der Waals surface area contributed by atoms with Gasteiger partial charge in [-0.15, -0.1) is 0 Å². The Hall–Kier alpha value is -1.23. The zero-order chi connectivity index (χ0) is 9.64. The summed E-state index contributed by atoms with van der Waals surface area (Å²) in [6.45, 7) is 0. The van der Waals surface area contributed by atoms with Crippen LogP contribution in [-0.4, -0.2) is 15.5 Å². The van der Waals surface area contributed by atoms with Crippen LogP contribution >= 0.6 is 0 Å². The second kappa shape index (κ2) is 2.38. The summed E-state index contributed by atoms with van der Waals surface area (Å²) < 4.78 is 24.1. The van der Waals surface area contributed by atoms with Gasteiger partial charge >= 0.3 is 0 Å². The summed E-state index contributed by atoms with van der Waals surface area (Å²) in [5.74, 6) is 0.0594. The number of hydrogen-bond acceptors (Lipinski definition) is 3. The lowest BCUT2D eigenvalue weighted by Gasteiger charge is -2.10. The number of benzene rings is 1. The summed E-state index contributed by atoms with van der Waals surface area (Å²) in [5.41, 5.74) is 7.66. The minimum absolute atomic E-state index is 0.0594. The molecule has 1 aromatic rings. The molecule has 1 aromatic carbocycles. The van der Waals surface area contributed by atoms with Crippen LogP contribution in [0.2, 0.25) is 0 Å². The number of rotatable bonds is 0. The van der Waals surface area contributed by atoms with Crippen LogP contribution in [0.4, 0.5) is 11.4 Å². The number of nitrogen functional groups attached to an aromatic ring is 1. The molecule has 0 saturated heterocycles. The fraction of sp³-hybridized carbons (Fsp3) is 0.250. The Bertz CT molecular complexity index is 453. The minimum atomic E-state index is -3.12. The normalized spacial score (nSPS) is 18.7. The lowest BCUT2D eigenvalue weighted by atomic mass is 10.2. The van der Waals surface area contributed by atoms with Gasteiger partial charge in [0.15, 0.2) is 0 Å². The van der Waals surface area contributed by atoms with Crippen LogP contribution in [0.15, 0.2) is 18.2 Å². The molecule has 0 radical (unpaired) electrons. The third-order valence-electron chi connectivity index (χ3n) is 2.20. The highest BCUT2D eigenvalue weighted by molar-refractivity contribution is 7.92. The van der Waals surface area contributed by atoms with Crippen molar-refractivity contribution in [1.82, 2.24) is 0 Å². The van der Waals surface area contributed by atoms with E-state index < -0.39 is 10.0 Å². The van der Waals surface area contributed by atoms with E-state index in [9.17, 15) is 8.42 Å². The van der Waals surface area contributed by atoms with Gasteiger partial charge in [-0.1, -0.05) is 0 Å². The Morgan fingerprint density at radius 3 is 2.85 bits per heavy atom. The minimum Gasteiger partial charge on any atom is -0.399 e. The van der Waals surface area contributed by atoms with Gasteiger partial charge in [-0.05, 0) is 23.8 Å². The number of fused-ring (bicyclic) bond motifs is 1. The molecule has 2 rings (SSSR count). The van der Waals surface area contributed by atoms with Crippen molar-refractivity contribution in [2.24, 2.45) is 0 Å². The van der Waals surface area contributed by atoms with Crippen LogP contribution in [0.3, 0.4) is 0 Å². The van der Waals surface area contributed by atoms with Crippen LogP contribution in [-0.2, 0) is 15.8 Å². The molecular weight excluding hydrogens is 188 g/mol. The maximum Gasteiger partial charge on any atom is 0.239 e. The molecule has 0 fully saturated rings. The summed E-state index contributed by atoms with van der Waals surface area (Å²) in [7, 11) is -1.57. The van der Waals surface area contributed by atoms with Gasteiger partial charge in [0, 0.05) is 12.7 Å². The zero-order valence-corrected chi connectivity index (χ0v) is 8.00. The molecule has 0 aliphatic carbocycles. The van der Waals surface area contributed by atoms with Gasteiger partial charge in [0.2, 0.25) is 10.0 Å². The average Bonchev–Trinajstić information content (AvgIpc) is 2.22. The average molecular weight is 198 g/mol. The van der Waals surface area contributed by atoms with Crippen molar-refractivity contribution in [3.8, 4) is 0 Å². The highest BCUT2D eigenvalue weighted by Gasteiger charge is 2.29. The van der Waals surface area contributed by atoms with E-state index in [-0.39, 0.29) is 5.75 Å². The molecule has 0 spiro atoms. The smallest absolute Gasteiger partial charge is 0.239 e. The van der Waals surface area contributed by atoms with Crippen molar-refractivity contribution in [3.05, 3.63) is 23.8 Å². The molecule has 1 heterocycles. The van der Waals surface area contributed by atoms with Crippen LogP contribution in [0.5, 0.6) is 0 Å². The Morgan fingerprint density at radius 1 is 1.46 bits per heavy atom. The van der Waals surface area contributed by atoms with Crippen molar-refractivity contribution < 1.29 is 8.42 Å². The van der Waals surface area contributed by atoms with Gasteiger partial charge in [0.05, 0.1) is 11.4 Å². The third-order valence-corrected chi connectivity index (χ3v) is 3.90. The molecule has 1 aliphatic rings. The number of sulfonamides is 1.